The zero-order valence-corrected chi connectivity index (χ0v) is 32.5. The van der Waals surface area contributed by atoms with Gasteiger partial charge in [-0.25, -0.2) is 0 Å². The maximum atomic E-state index is 12.4. The maximum absolute atomic E-state index is 12.4. The van der Waals surface area contributed by atoms with Gasteiger partial charge in [0.2, 0.25) is 5.78 Å². The monoisotopic (exact) mass is 695 g/mol. The van der Waals surface area contributed by atoms with E-state index >= 15 is 0 Å². The first-order chi connectivity index (χ1) is 22.8. The number of rotatable bonds is 14. The van der Waals surface area contributed by atoms with Crippen LogP contribution in [0.25, 0.3) is 0 Å². The standard InChI is InChI=1S/C41H61NO8/c1-38(2,3)28-22-26(23-29(35(28)46)39(4,5)6)15-17-33(44)49-20-13-14-32(43)37(48)42-19-21-50-34(45)18-16-27-24-30(40(7,8)9)36(47)31(25-27)41(10,11)12/h22-25,46-47H,13-21H2,1-12H3,(H,42,48). The highest BCUT2D eigenvalue weighted by Gasteiger charge is 2.28. The van der Waals surface area contributed by atoms with Crippen molar-refractivity contribution in [3.8, 4) is 11.5 Å². The molecule has 9 nitrogen and oxygen atoms in total. The summed E-state index contributed by atoms with van der Waals surface area (Å²) in [6.07, 6.45) is 1.29. The summed E-state index contributed by atoms with van der Waals surface area (Å²) in [5.74, 6) is -1.67. The number of hydrogen-bond acceptors (Lipinski definition) is 8. The van der Waals surface area contributed by atoms with Gasteiger partial charge < -0.3 is 25.0 Å². The van der Waals surface area contributed by atoms with E-state index in [4.69, 9.17) is 9.47 Å². The number of hydrogen-bond donors (Lipinski definition) is 3. The fraction of sp³-hybridized carbons (Fsp3) is 0.610. The molecule has 0 aliphatic carbocycles. The molecule has 0 fully saturated rings. The number of ether oxygens (including phenoxy) is 2. The first kappa shape index (κ1) is 42.3. The van der Waals surface area contributed by atoms with Gasteiger partial charge in [0.05, 0.1) is 13.2 Å². The topological polar surface area (TPSA) is 139 Å². The number of carbonyl (C=O) groups excluding carboxylic acids is 4. The molecule has 50 heavy (non-hydrogen) atoms. The van der Waals surface area contributed by atoms with E-state index in [9.17, 15) is 29.4 Å². The Morgan fingerprint density at radius 2 is 0.900 bits per heavy atom. The Kier molecular flexibility index (Phi) is 14.3. The molecule has 9 heteroatoms. The number of aryl methyl sites for hydroxylation is 2. The molecule has 0 saturated heterocycles. The SMILES string of the molecule is CC(C)(C)c1cc(CCC(=O)OCCCC(=O)C(=O)NCCOC(=O)CCc2cc(C(C)(C)C)c(O)c(C(C)(C)C)c2)cc(C(C)(C)C)c1O. The smallest absolute Gasteiger partial charge is 0.306 e. The summed E-state index contributed by atoms with van der Waals surface area (Å²) in [6.45, 7) is 24.4. The quantitative estimate of drug-likeness (QED) is 0.106. The number of ketones is 1. The molecule has 0 aliphatic heterocycles. The Morgan fingerprint density at radius 1 is 0.560 bits per heavy atom. The van der Waals surface area contributed by atoms with E-state index in [2.05, 4.69) is 5.32 Å². The molecule has 0 saturated carbocycles. The first-order valence-corrected chi connectivity index (χ1v) is 17.7. The minimum absolute atomic E-state index is 0.00201. The minimum Gasteiger partial charge on any atom is -0.507 e. The summed E-state index contributed by atoms with van der Waals surface area (Å²) in [7, 11) is 0. The van der Waals surface area contributed by atoms with Crippen LogP contribution in [-0.2, 0) is 63.2 Å². The second-order valence-electron chi connectivity index (χ2n) is 17.3. The fourth-order valence-electron chi connectivity index (χ4n) is 5.56. The van der Waals surface area contributed by atoms with E-state index in [1.807, 2.05) is 107 Å². The third-order valence-corrected chi connectivity index (χ3v) is 8.52. The lowest BCUT2D eigenvalue weighted by Gasteiger charge is -2.28. The minimum atomic E-state index is -0.780. The molecule has 0 bridgehead atoms. The highest BCUT2D eigenvalue weighted by molar-refractivity contribution is 6.36. The van der Waals surface area contributed by atoms with Gasteiger partial charge in [-0.1, -0.05) is 107 Å². The summed E-state index contributed by atoms with van der Waals surface area (Å²) in [5, 5.41) is 24.3. The van der Waals surface area contributed by atoms with E-state index in [1.54, 1.807) is 0 Å². The van der Waals surface area contributed by atoms with E-state index in [0.717, 1.165) is 33.4 Å². The van der Waals surface area contributed by atoms with E-state index < -0.39 is 23.6 Å². The van der Waals surface area contributed by atoms with Crippen molar-refractivity contribution in [1.29, 1.82) is 0 Å². The number of nitrogens with one attached hydrogen (secondary N) is 1. The molecule has 3 N–H and O–H groups in total. The molecule has 2 aromatic rings. The third-order valence-electron chi connectivity index (χ3n) is 8.52. The number of carbonyl (C=O) groups is 4. The zero-order valence-electron chi connectivity index (χ0n) is 32.5. The summed E-state index contributed by atoms with van der Waals surface area (Å²) in [5.41, 5.74) is 4.10. The van der Waals surface area contributed by atoms with Gasteiger partial charge in [0.1, 0.15) is 18.1 Å². The predicted octanol–water partition coefficient (Wildman–Crippen LogP) is 7.41. The van der Waals surface area contributed by atoms with Crippen molar-refractivity contribution in [3.05, 3.63) is 57.6 Å². The highest BCUT2D eigenvalue weighted by atomic mass is 16.5. The largest absolute Gasteiger partial charge is 0.507 e. The predicted molar refractivity (Wildman–Crippen MR) is 197 cm³/mol. The average Bonchev–Trinajstić information content (AvgIpc) is 2.97. The lowest BCUT2D eigenvalue weighted by Crippen LogP contribution is -2.34. The lowest BCUT2D eigenvalue weighted by atomic mass is 9.78. The van der Waals surface area contributed by atoms with Crippen LogP contribution in [0.4, 0.5) is 0 Å². The molecule has 2 rings (SSSR count). The second-order valence-corrected chi connectivity index (χ2v) is 17.3. The molecule has 2 aromatic carbocycles. The van der Waals surface area contributed by atoms with Gasteiger partial charge in [-0.3, -0.25) is 19.2 Å². The maximum Gasteiger partial charge on any atom is 0.306 e. The molecule has 0 aliphatic rings. The number of Topliss-reactive ketones (excluding diaryl/α,β-unsaturated/α-hetero) is 1. The summed E-state index contributed by atoms with van der Waals surface area (Å²) >= 11 is 0. The van der Waals surface area contributed by atoms with Crippen LogP contribution in [0, 0.1) is 0 Å². The van der Waals surface area contributed by atoms with Crippen LogP contribution < -0.4 is 5.32 Å². The molecule has 278 valence electrons. The number of phenolic OH excluding ortho intramolecular Hbond substituents is 2. The average molecular weight is 696 g/mol. The van der Waals surface area contributed by atoms with Crippen LogP contribution in [-0.4, -0.2) is 53.6 Å². The molecule has 0 spiro atoms. The van der Waals surface area contributed by atoms with Crippen LogP contribution in [0.15, 0.2) is 24.3 Å². The zero-order chi connectivity index (χ0) is 38.2. The normalized spacial score (nSPS) is 12.4. The van der Waals surface area contributed by atoms with Gasteiger partial charge in [0.25, 0.3) is 5.91 Å². The van der Waals surface area contributed by atoms with Crippen molar-refractivity contribution in [3.63, 3.8) is 0 Å². The van der Waals surface area contributed by atoms with Crippen LogP contribution in [0.5, 0.6) is 11.5 Å². The summed E-state index contributed by atoms with van der Waals surface area (Å²) < 4.78 is 10.6. The Labute approximate surface area is 299 Å². The third kappa shape index (κ3) is 12.8. The Balaban J connectivity index is 1.74. The van der Waals surface area contributed by atoms with Gasteiger partial charge in [-0.2, -0.15) is 0 Å². The number of esters is 2. The number of benzene rings is 2. The molecular weight excluding hydrogens is 634 g/mol. The van der Waals surface area contributed by atoms with Crippen molar-refractivity contribution in [1.82, 2.24) is 5.32 Å². The molecule has 0 atom stereocenters. The lowest BCUT2D eigenvalue weighted by molar-refractivity contribution is -0.145. The van der Waals surface area contributed by atoms with Crippen LogP contribution in [0.1, 0.15) is 142 Å². The highest BCUT2D eigenvalue weighted by Crippen LogP contribution is 2.41. The molecule has 0 aromatic heterocycles. The van der Waals surface area contributed by atoms with Gasteiger partial charge >= 0.3 is 11.9 Å². The summed E-state index contributed by atoms with van der Waals surface area (Å²) in [6, 6.07) is 7.76. The number of aromatic hydroxyl groups is 2. The van der Waals surface area contributed by atoms with Gasteiger partial charge in [0, 0.05) is 19.3 Å². The fourth-order valence-corrected chi connectivity index (χ4v) is 5.56. The van der Waals surface area contributed by atoms with E-state index in [1.165, 1.54) is 0 Å². The van der Waals surface area contributed by atoms with Crippen molar-refractivity contribution in [2.24, 2.45) is 0 Å². The second kappa shape index (κ2) is 16.9. The van der Waals surface area contributed by atoms with Crippen LogP contribution >= 0.6 is 0 Å². The van der Waals surface area contributed by atoms with Gasteiger partial charge in [-0.05, 0) is 74.3 Å². The van der Waals surface area contributed by atoms with Crippen molar-refractivity contribution in [2.75, 3.05) is 19.8 Å². The molecule has 1 amide bonds. The molecule has 0 radical (unpaired) electrons. The summed E-state index contributed by atoms with van der Waals surface area (Å²) in [4.78, 5) is 49.3. The Hall–Kier alpha value is -3.88. The van der Waals surface area contributed by atoms with E-state index in [-0.39, 0.29) is 78.6 Å². The van der Waals surface area contributed by atoms with Crippen LogP contribution in [0.3, 0.4) is 0 Å². The first-order valence-electron chi connectivity index (χ1n) is 17.7. The Morgan fingerprint density at radius 3 is 1.24 bits per heavy atom. The van der Waals surface area contributed by atoms with Crippen molar-refractivity contribution in [2.45, 2.75) is 143 Å². The molecule has 0 unspecified atom stereocenters. The van der Waals surface area contributed by atoms with Gasteiger partial charge in [-0.15, -0.1) is 0 Å². The van der Waals surface area contributed by atoms with Crippen LogP contribution in [0.2, 0.25) is 0 Å². The molecule has 0 heterocycles. The van der Waals surface area contributed by atoms with E-state index in [0.29, 0.717) is 12.8 Å². The van der Waals surface area contributed by atoms with Crippen molar-refractivity contribution >= 4 is 23.6 Å². The molecular formula is C41H61NO8. The van der Waals surface area contributed by atoms with Gasteiger partial charge in [0.15, 0.2) is 0 Å². The van der Waals surface area contributed by atoms with Crippen molar-refractivity contribution < 1.29 is 38.9 Å². The number of phenols is 2. The Bertz CT molecular complexity index is 1340. The number of amides is 1.